The summed E-state index contributed by atoms with van der Waals surface area (Å²) in [4.78, 5) is 22.0. The van der Waals surface area contributed by atoms with Gasteiger partial charge in [-0.25, -0.2) is 18.1 Å². The van der Waals surface area contributed by atoms with Gasteiger partial charge >= 0.3 is 0 Å². The molecule has 3 aromatic rings. The van der Waals surface area contributed by atoms with Crippen LogP contribution in [-0.4, -0.2) is 65.8 Å². The van der Waals surface area contributed by atoms with Crippen molar-refractivity contribution in [1.29, 1.82) is 0 Å². The third kappa shape index (κ3) is 5.47. The summed E-state index contributed by atoms with van der Waals surface area (Å²) in [5.74, 6) is 0.0853. The molecule has 1 unspecified atom stereocenters. The molecule has 1 aromatic carbocycles. The van der Waals surface area contributed by atoms with Crippen LogP contribution >= 0.6 is 0 Å². The number of hydrogen-bond donors (Lipinski definition) is 2. The van der Waals surface area contributed by atoms with Gasteiger partial charge in [-0.2, -0.15) is 5.10 Å². The van der Waals surface area contributed by atoms with Crippen LogP contribution in [0.3, 0.4) is 0 Å². The Morgan fingerprint density at radius 2 is 2.19 bits per heavy atom. The van der Waals surface area contributed by atoms with E-state index in [2.05, 4.69) is 19.8 Å². The standard InChI is InChI=1S/C25H36N6O4S/c1-5-8-20-22-23(31(4)29-20)25(32)28-24(27-22)19-16-18(10-11-21(19)35-15-6-2)36(33,34)26-13-12-17-9-7-14-30(17)3/h10-11,16-17,26H,5-9,12-15H2,1-4H3,(H,27,28,32)/i1D3,5D2,13D2. The van der Waals surface area contributed by atoms with Crippen LogP contribution in [-0.2, 0) is 23.5 Å². The van der Waals surface area contributed by atoms with Gasteiger partial charge < -0.3 is 14.6 Å². The van der Waals surface area contributed by atoms with Gasteiger partial charge in [0.2, 0.25) is 10.0 Å². The number of nitrogens with one attached hydrogen (secondary N) is 2. The van der Waals surface area contributed by atoms with E-state index >= 15 is 0 Å². The fourth-order valence-electron chi connectivity index (χ4n) is 4.33. The zero-order valence-corrected chi connectivity index (χ0v) is 21.4. The van der Waals surface area contributed by atoms with Gasteiger partial charge in [-0.05, 0) is 63.9 Å². The summed E-state index contributed by atoms with van der Waals surface area (Å²) >= 11 is 0. The summed E-state index contributed by atoms with van der Waals surface area (Å²) in [6, 6.07) is 3.77. The van der Waals surface area contributed by atoms with Crippen molar-refractivity contribution in [2.24, 2.45) is 7.05 Å². The Morgan fingerprint density at radius 3 is 2.92 bits per heavy atom. The second-order valence-corrected chi connectivity index (χ2v) is 10.5. The van der Waals surface area contributed by atoms with Crippen LogP contribution in [0.25, 0.3) is 22.4 Å². The first-order valence-corrected chi connectivity index (χ1v) is 13.3. The highest BCUT2D eigenvalue weighted by Crippen LogP contribution is 2.31. The molecule has 0 amide bonds. The Balaban J connectivity index is 1.79. The van der Waals surface area contributed by atoms with Crippen LogP contribution in [0.15, 0.2) is 27.9 Å². The molecule has 2 N–H and O–H groups in total. The number of rotatable bonds is 11. The molecule has 1 atom stereocenters. The fourth-order valence-corrected chi connectivity index (χ4v) is 5.24. The zero-order valence-electron chi connectivity index (χ0n) is 27.6. The molecular formula is C25H36N6O4S. The molecule has 0 radical (unpaired) electrons. The lowest BCUT2D eigenvalue weighted by atomic mass is 10.1. The predicted molar refractivity (Wildman–Crippen MR) is 140 cm³/mol. The average Bonchev–Trinajstić information content (AvgIpc) is 3.42. The summed E-state index contributed by atoms with van der Waals surface area (Å²) in [5.41, 5.74) is -0.705. The van der Waals surface area contributed by atoms with Gasteiger partial charge in [-0.3, -0.25) is 9.48 Å². The van der Waals surface area contributed by atoms with E-state index < -0.39 is 41.7 Å². The van der Waals surface area contributed by atoms with Crippen LogP contribution in [0.5, 0.6) is 5.75 Å². The van der Waals surface area contributed by atoms with Gasteiger partial charge in [0.25, 0.3) is 5.56 Å². The van der Waals surface area contributed by atoms with Gasteiger partial charge in [0.1, 0.15) is 17.1 Å². The lowest BCUT2D eigenvalue weighted by Gasteiger charge is -2.19. The first-order valence-electron chi connectivity index (χ1n) is 15.3. The molecule has 36 heavy (non-hydrogen) atoms. The third-order valence-electron chi connectivity index (χ3n) is 6.21. The topological polar surface area (TPSA) is 122 Å². The van der Waals surface area contributed by atoms with Crippen LogP contribution in [0.2, 0.25) is 0 Å². The number of nitrogens with zero attached hydrogens (tertiary/aromatic N) is 4. The minimum absolute atomic E-state index is 0.0216. The molecule has 4 rings (SSSR count). The number of sulfonamides is 1. The fraction of sp³-hybridized carbons (Fsp3) is 0.560. The van der Waals surface area contributed by atoms with E-state index in [-0.39, 0.29) is 57.8 Å². The molecule has 10 nitrogen and oxygen atoms in total. The smallest absolute Gasteiger partial charge is 0.277 e. The maximum absolute atomic E-state index is 13.4. The SMILES string of the molecule is [2H]C([2H])(CC1CCCN1C)NS(=O)(=O)c1ccc(OCCC)c(-c2nc3c(CC([2H])([2H])C([2H])([2H])[2H])nn(C)c3c(=O)[nH]2)c1. The number of fused-ring (bicyclic) bond motifs is 1. The number of aryl methyl sites for hydroxylation is 2. The van der Waals surface area contributed by atoms with E-state index in [0.29, 0.717) is 6.42 Å². The van der Waals surface area contributed by atoms with Crippen molar-refractivity contribution in [3.63, 3.8) is 0 Å². The summed E-state index contributed by atoms with van der Waals surface area (Å²) in [5, 5.41) is 4.16. The highest BCUT2D eigenvalue weighted by molar-refractivity contribution is 7.89. The quantitative estimate of drug-likeness (QED) is 0.396. The molecule has 1 fully saturated rings. The number of benzene rings is 1. The minimum atomic E-state index is -4.39. The molecule has 3 heterocycles. The maximum Gasteiger partial charge on any atom is 0.277 e. The van der Waals surface area contributed by atoms with Crippen molar-refractivity contribution in [1.82, 2.24) is 29.4 Å². The first kappa shape index (κ1) is 18.5. The Bertz CT molecular complexity index is 1660. The highest BCUT2D eigenvalue weighted by Gasteiger charge is 2.23. The summed E-state index contributed by atoms with van der Waals surface area (Å²) in [7, 11) is -1.07. The van der Waals surface area contributed by atoms with Crippen LogP contribution in [0, 0.1) is 0 Å². The predicted octanol–water partition coefficient (Wildman–Crippen LogP) is 2.83. The van der Waals surface area contributed by atoms with E-state index in [1.54, 1.807) is 0 Å². The highest BCUT2D eigenvalue weighted by atomic mass is 32.2. The van der Waals surface area contributed by atoms with Gasteiger partial charge in [0.15, 0.2) is 5.52 Å². The summed E-state index contributed by atoms with van der Waals surface area (Å²) in [6.45, 7) is -2.25. The molecule has 0 bridgehead atoms. The van der Waals surface area contributed by atoms with Crippen molar-refractivity contribution < 1.29 is 22.7 Å². The minimum Gasteiger partial charge on any atom is -0.493 e. The molecule has 1 saturated heterocycles. The van der Waals surface area contributed by atoms with Gasteiger partial charge in [-0.1, -0.05) is 20.1 Å². The van der Waals surface area contributed by atoms with Crippen molar-refractivity contribution in [2.45, 2.75) is 63.2 Å². The summed E-state index contributed by atoms with van der Waals surface area (Å²) < 4.78 is 91.5. The van der Waals surface area contributed by atoms with Crippen LogP contribution < -0.4 is 15.0 Å². The van der Waals surface area contributed by atoms with Crippen molar-refractivity contribution >= 4 is 21.1 Å². The molecule has 0 aliphatic carbocycles. The molecule has 11 heteroatoms. The van der Waals surface area contributed by atoms with E-state index in [1.165, 1.54) is 29.9 Å². The molecule has 196 valence electrons. The molecule has 0 saturated carbocycles. The first-order chi connectivity index (χ1) is 19.8. The number of H-pyrrole nitrogens is 1. The number of ether oxygens (including phenoxy) is 1. The van der Waals surface area contributed by atoms with Crippen molar-refractivity contribution in [3.8, 4) is 17.1 Å². The average molecular weight is 524 g/mol. The molecular weight excluding hydrogens is 480 g/mol. The number of hydrogen-bond acceptors (Lipinski definition) is 7. The second kappa shape index (κ2) is 11.1. The zero-order chi connectivity index (χ0) is 32.0. The molecule has 1 aliphatic heterocycles. The maximum atomic E-state index is 13.4. The summed E-state index contributed by atoms with van der Waals surface area (Å²) in [6.07, 6.45) is -1.07. The number of likely N-dealkylation sites (tertiary alicyclic amines) is 1. The van der Waals surface area contributed by atoms with E-state index in [9.17, 15) is 13.2 Å². The van der Waals surface area contributed by atoms with Gasteiger partial charge in [0.05, 0.1) is 22.8 Å². The molecule has 2 aromatic heterocycles. The second-order valence-electron chi connectivity index (χ2n) is 8.81. The van der Waals surface area contributed by atoms with Gasteiger partial charge in [-0.15, -0.1) is 0 Å². The Hall–Kier alpha value is -2.76. The lowest BCUT2D eigenvalue weighted by Crippen LogP contribution is -2.31. The largest absolute Gasteiger partial charge is 0.493 e. The van der Waals surface area contributed by atoms with Crippen LogP contribution in [0.1, 0.15) is 61.1 Å². The van der Waals surface area contributed by atoms with Crippen molar-refractivity contribution in [2.75, 3.05) is 26.7 Å². The van der Waals surface area contributed by atoms with Crippen molar-refractivity contribution in [3.05, 3.63) is 34.2 Å². The Labute approximate surface area is 222 Å². The molecule has 1 aliphatic rings. The number of aromatic nitrogens is 4. The Kier molecular flexibility index (Phi) is 5.70. The monoisotopic (exact) mass is 523 g/mol. The lowest BCUT2D eigenvalue weighted by molar-refractivity contribution is 0.297. The molecule has 0 spiro atoms. The van der Waals surface area contributed by atoms with E-state index in [4.69, 9.17) is 14.3 Å². The van der Waals surface area contributed by atoms with Crippen LogP contribution in [0.4, 0.5) is 0 Å². The number of aromatic amines is 1. The normalized spacial score (nSPS) is 20.8. The van der Waals surface area contributed by atoms with E-state index in [0.717, 1.165) is 19.4 Å². The van der Waals surface area contributed by atoms with Gasteiger partial charge in [0, 0.05) is 29.2 Å². The Morgan fingerprint density at radius 1 is 1.36 bits per heavy atom. The third-order valence-corrected chi connectivity index (χ3v) is 7.50. The van der Waals surface area contributed by atoms with E-state index in [1.807, 2.05) is 18.9 Å².